The van der Waals surface area contributed by atoms with E-state index in [4.69, 9.17) is 9.47 Å². The van der Waals surface area contributed by atoms with E-state index in [1.807, 2.05) is 18.2 Å². The normalized spacial score (nSPS) is 11.9. The summed E-state index contributed by atoms with van der Waals surface area (Å²) in [6, 6.07) is 15.6. The number of carbonyl (C=O) groups is 2. The molecule has 4 aromatic rings. The van der Waals surface area contributed by atoms with Gasteiger partial charge in [-0.15, -0.1) is 5.10 Å². The predicted octanol–water partition coefficient (Wildman–Crippen LogP) is 4.83. The van der Waals surface area contributed by atoms with Gasteiger partial charge in [0.25, 0.3) is 0 Å². The molecule has 9 nitrogen and oxygen atoms in total. The van der Waals surface area contributed by atoms with E-state index in [1.54, 1.807) is 43.3 Å². The summed E-state index contributed by atoms with van der Waals surface area (Å²) < 4.78 is 27.2. The van der Waals surface area contributed by atoms with Crippen LogP contribution in [-0.2, 0) is 16.1 Å². The van der Waals surface area contributed by atoms with Gasteiger partial charge in [-0.2, -0.15) is 0 Å². The van der Waals surface area contributed by atoms with E-state index in [1.165, 1.54) is 29.9 Å². The molecule has 2 amide bonds. The van der Waals surface area contributed by atoms with Crippen LogP contribution in [0.25, 0.3) is 11.0 Å². The summed E-state index contributed by atoms with van der Waals surface area (Å²) in [7, 11) is 3.01. The zero-order chi connectivity index (χ0) is 28.8. The first-order chi connectivity index (χ1) is 19.2. The van der Waals surface area contributed by atoms with Gasteiger partial charge in [0.1, 0.15) is 23.9 Å². The van der Waals surface area contributed by atoms with Crippen LogP contribution in [0, 0.1) is 18.7 Å². The Kier molecular flexibility index (Phi) is 8.98. The predicted molar refractivity (Wildman–Crippen MR) is 151 cm³/mol. The number of nitrogens with zero attached hydrogens (tertiary/aromatic N) is 4. The first kappa shape index (κ1) is 28.5. The van der Waals surface area contributed by atoms with Crippen molar-refractivity contribution in [3.63, 3.8) is 0 Å². The number of amides is 2. The molecular formula is C30H34FN5O4. The van der Waals surface area contributed by atoms with Crippen LogP contribution in [0.2, 0.25) is 0 Å². The molecule has 210 valence electrons. The summed E-state index contributed by atoms with van der Waals surface area (Å²) in [5.41, 5.74) is 2.41. The van der Waals surface area contributed by atoms with Crippen LogP contribution in [-0.4, -0.2) is 47.6 Å². The fraction of sp³-hybridized carbons (Fsp3) is 0.333. The number of ether oxygens (including phenoxy) is 2. The van der Waals surface area contributed by atoms with Gasteiger partial charge in [-0.05, 0) is 66.8 Å². The molecule has 0 bridgehead atoms. The summed E-state index contributed by atoms with van der Waals surface area (Å²) in [6.45, 7) is 5.95. The smallest absolute Gasteiger partial charge is 0.249 e. The third-order valence-corrected chi connectivity index (χ3v) is 6.66. The van der Waals surface area contributed by atoms with Crippen molar-refractivity contribution in [1.82, 2.24) is 20.3 Å². The summed E-state index contributed by atoms with van der Waals surface area (Å²) in [6.07, 6.45) is 0.752. The van der Waals surface area contributed by atoms with Crippen molar-refractivity contribution in [3.8, 4) is 11.5 Å². The van der Waals surface area contributed by atoms with Crippen molar-refractivity contribution in [2.24, 2.45) is 5.92 Å². The van der Waals surface area contributed by atoms with Gasteiger partial charge >= 0.3 is 0 Å². The molecule has 10 heteroatoms. The number of halogens is 1. The van der Waals surface area contributed by atoms with E-state index in [2.05, 4.69) is 29.5 Å². The van der Waals surface area contributed by atoms with Crippen molar-refractivity contribution >= 4 is 28.5 Å². The van der Waals surface area contributed by atoms with Crippen molar-refractivity contribution < 1.29 is 23.5 Å². The number of benzene rings is 3. The number of carbonyl (C=O) groups excluding carboxylic acids is 2. The maximum absolute atomic E-state index is 14.9. The van der Waals surface area contributed by atoms with Crippen LogP contribution in [0.5, 0.6) is 11.5 Å². The van der Waals surface area contributed by atoms with Crippen LogP contribution in [0.15, 0.2) is 60.7 Å². The van der Waals surface area contributed by atoms with Gasteiger partial charge in [-0.3, -0.25) is 14.5 Å². The molecule has 0 saturated carbocycles. The van der Waals surface area contributed by atoms with Gasteiger partial charge in [-0.1, -0.05) is 43.3 Å². The molecule has 1 N–H and O–H groups in total. The lowest BCUT2D eigenvalue weighted by Gasteiger charge is -2.32. The second-order valence-electron chi connectivity index (χ2n) is 9.92. The van der Waals surface area contributed by atoms with Crippen LogP contribution >= 0.6 is 0 Å². The number of hydrogen-bond donors (Lipinski definition) is 1. The van der Waals surface area contributed by atoms with Gasteiger partial charge in [0.2, 0.25) is 11.8 Å². The molecule has 0 unspecified atom stereocenters. The summed E-state index contributed by atoms with van der Waals surface area (Å²) in [4.78, 5) is 29.3. The Morgan fingerprint density at radius 3 is 2.48 bits per heavy atom. The number of methoxy groups -OCH3 is 2. The maximum atomic E-state index is 14.9. The molecule has 0 aliphatic carbocycles. The number of para-hydroxylation sites is 1. The standard InChI is InChI=1S/C30H34FN5O4/c1-19(2)14-15-32-30(38)29(21-11-13-26(39-4)27(16-21)40-5)36(22-12-10-20(3)23(31)17-22)28(37)18-35-25-9-7-6-8-24(25)33-34-35/h6-13,16-17,19,29H,14-15,18H2,1-5H3,(H,32,38)/t29-/m0/s1. The molecule has 0 spiro atoms. The van der Waals surface area contributed by atoms with Gasteiger partial charge in [-0.25, -0.2) is 9.07 Å². The average molecular weight is 548 g/mol. The fourth-order valence-corrected chi connectivity index (χ4v) is 4.43. The zero-order valence-electron chi connectivity index (χ0n) is 23.3. The number of nitrogens with one attached hydrogen (secondary N) is 1. The Bertz CT molecular complexity index is 1500. The molecule has 0 radical (unpaired) electrons. The average Bonchev–Trinajstić information content (AvgIpc) is 3.35. The third-order valence-electron chi connectivity index (χ3n) is 6.66. The maximum Gasteiger partial charge on any atom is 0.249 e. The van der Waals surface area contributed by atoms with Crippen LogP contribution in [0.3, 0.4) is 0 Å². The first-order valence-electron chi connectivity index (χ1n) is 13.1. The second-order valence-corrected chi connectivity index (χ2v) is 9.92. The minimum atomic E-state index is -1.14. The molecule has 0 aliphatic rings. The van der Waals surface area contributed by atoms with Gasteiger partial charge in [0.05, 0.1) is 19.7 Å². The van der Waals surface area contributed by atoms with E-state index in [-0.39, 0.29) is 12.2 Å². The Balaban J connectivity index is 1.83. The molecule has 3 aromatic carbocycles. The second kappa shape index (κ2) is 12.6. The number of rotatable bonds is 11. The fourth-order valence-electron chi connectivity index (χ4n) is 4.43. The lowest BCUT2D eigenvalue weighted by Crippen LogP contribution is -2.45. The minimum absolute atomic E-state index is 0.223. The number of anilines is 1. The lowest BCUT2D eigenvalue weighted by molar-refractivity contribution is -0.127. The number of aryl methyl sites for hydroxylation is 1. The first-order valence-corrected chi connectivity index (χ1v) is 13.1. The molecule has 40 heavy (non-hydrogen) atoms. The van der Waals surface area contributed by atoms with Crippen molar-refractivity contribution in [3.05, 3.63) is 77.6 Å². The highest BCUT2D eigenvalue weighted by atomic mass is 19.1. The molecule has 1 heterocycles. The Labute approximate surface area is 232 Å². The summed E-state index contributed by atoms with van der Waals surface area (Å²) in [5, 5.41) is 11.3. The van der Waals surface area contributed by atoms with E-state index in [0.29, 0.717) is 46.1 Å². The minimum Gasteiger partial charge on any atom is -0.493 e. The van der Waals surface area contributed by atoms with Crippen LogP contribution in [0.1, 0.15) is 37.4 Å². The van der Waals surface area contributed by atoms with E-state index >= 15 is 0 Å². The molecule has 1 aromatic heterocycles. The number of aromatic nitrogens is 3. The largest absolute Gasteiger partial charge is 0.493 e. The topological polar surface area (TPSA) is 98.6 Å². The Morgan fingerprint density at radius 1 is 1.02 bits per heavy atom. The quantitative estimate of drug-likeness (QED) is 0.289. The van der Waals surface area contributed by atoms with E-state index in [0.717, 1.165) is 6.42 Å². The monoisotopic (exact) mass is 547 g/mol. The molecule has 0 fully saturated rings. The highest BCUT2D eigenvalue weighted by Crippen LogP contribution is 2.35. The van der Waals surface area contributed by atoms with Crippen molar-refractivity contribution in [2.75, 3.05) is 25.7 Å². The number of hydrogen-bond acceptors (Lipinski definition) is 6. The Morgan fingerprint density at radius 2 is 1.77 bits per heavy atom. The zero-order valence-corrected chi connectivity index (χ0v) is 23.3. The molecular weight excluding hydrogens is 513 g/mol. The summed E-state index contributed by atoms with van der Waals surface area (Å²) in [5.74, 6) is -0.149. The highest BCUT2D eigenvalue weighted by molar-refractivity contribution is 6.01. The molecule has 0 saturated heterocycles. The molecule has 4 rings (SSSR count). The molecule has 0 aliphatic heterocycles. The van der Waals surface area contributed by atoms with E-state index < -0.39 is 23.7 Å². The summed E-state index contributed by atoms with van der Waals surface area (Å²) >= 11 is 0. The third kappa shape index (κ3) is 6.22. The van der Waals surface area contributed by atoms with Crippen LogP contribution < -0.4 is 19.7 Å². The lowest BCUT2D eigenvalue weighted by atomic mass is 10.0. The SMILES string of the molecule is COc1ccc([C@@H](C(=O)NCCC(C)C)N(C(=O)Cn2nnc3ccccc32)c2ccc(C)c(F)c2)cc1OC. The number of fused-ring (bicyclic) bond motifs is 1. The Hall–Kier alpha value is -4.47. The van der Waals surface area contributed by atoms with Crippen LogP contribution in [0.4, 0.5) is 10.1 Å². The molecule has 1 atom stereocenters. The van der Waals surface area contributed by atoms with E-state index in [9.17, 15) is 14.0 Å². The van der Waals surface area contributed by atoms with Crippen molar-refractivity contribution in [2.45, 2.75) is 39.8 Å². The van der Waals surface area contributed by atoms with Gasteiger partial charge in [0.15, 0.2) is 11.5 Å². The van der Waals surface area contributed by atoms with Gasteiger partial charge < -0.3 is 14.8 Å². The van der Waals surface area contributed by atoms with Crippen molar-refractivity contribution in [1.29, 1.82) is 0 Å². The van der Waals surface area contributed by atoms with Gasteiger partial charge in [0, 0.05) is 12.2 Å². The highest BCUT2D eigenvalue weighted by Gasteiger charge is 2.34.